The van der Waals surface area contributed by atoms with Crippen LogP contribution in [0.1, 0.15) is 44.0 Å². The van der Waals surface area contributed by atoms with Crippen LogP contribution in [0.5, 0.6) is 0 Å². The summed E-state index contributed by atoms with van der Waals surface area (Å²) in [5.41, 5.74) is 0.904. The summed E-state index contributed by atoms with van der Waals surface area (Å²) in [6, 6.07) is 12.3. The van der Waals surface area contributed by atoms with Gasteiger partial charge in [-0.2, -0.15) is 0 Å². The molecule has 41 heavy (non-hydrogen) atoms. The van der Waals surface area contributed by atoms with Gasteiger partial charge in [0.05, 0.1) is 30.0 Å². The highest BCUT2D eigenvalue weighted by molar-refractivity contribution is 7.89. The maximum absolute atomic E-state index is 14.5. The van der Waals surface area contributed by atoms with Crippen molar-refractivity contribution >= 4 is 45.5 Å². The summed E-state index contributed by atoms with van der Waals surface area (Å²) in [5.74, 6) is -0.596. The molecular formula is C28H35FN3O7PS. The molecule has 1 amide bonds. The van der Waals surface area contributed by atoms with Crippen molar-refractivity contribution in [1.82, 2.24) is 14.2 Å². The van der Waals surface area contributed by atoms with E-state index in [1.807, 2.05) is 0 Å². The molecule has 0 aliphatic carbocycles. The maximum atomic E-state index is 14.5. The van der Waals surface area contributed by atoms with Gasteiger partial charge in [-0.05, 0) is 57.5 Å². The van der Waals surface area contributed by atoms with Crippen LogP contribution in [0.4, 0.5) is 4.39 Å². The minimum atomic E-state index is -3.72. The molecule has 2 aromatic carbocycles. The fraction of sp³-hybridized carbons (Fsp3) is 0.429. The highest BCUT2D eigenvalue weighted by atomic mass is 32.2. The normalized spacial score (nSPS) is 17.8. The van der Waals surface area contributed by atoms with E-state index in [0.717, 1.165) is 0 Å². The number of benzene rings is 2. The number of amides is 1. The number of nitrogens with one attached hydrogen (secondary N) is 1. The number of alkyl halides is 1. The number of aromatic nitrogens is 1. The molecule has 1 aliphatic rings. The Bertz CT molecular complexity index is 1550. The molecular weight excluding hydrogens is 572 g/mol. The lowest BCUT2D eigenvalue weighted by Gasteiger charge is -2.25. The van der Waals surface area contributed by atoms with Crippen molar-refractivity contribution in [2.24, 2.45) is 0 Å². The van der Waals surface area contributed by atoms with E-state index in [2.05, 4.69) is 4.72 Å². The summed E-state index contributed by atoms with van der Waals surface area (Å²) in [6.45, 7) is 4.95. The van der Waals surface area contributed by atoms with Gasteiger partial charge in [0.2, 0.25) is 15.9 Å². The smallest absolute Gasteiger partial charge is 0.337 e. The lowest BCUT2D eigenvalue weighted by atomic mass is 10.1. The third kappa shape index (κ3) is 6.95. The van der Waals surface area contributed by atoms with Gasteiger partial charge in [0.1, 0.15) is 12.7 Å². The molecule has 1 fully saturated rings. The minimum absolute atomic E-state index is 0.0435. The number of Topliss-reactive ketones (excluding diaryl/α,β-unsaturated/α-hetero) is 1. The summed E-state index contributed by atoms with van der Waals surface area (Å²) in [6.07, 6.45) is 0.694. The number of carbonyl (C=O) groups is 2. The van der Waals surface area contributed by atoms with Crippen molar-refractivity contribution in [3.63, 3.8) is 0 Å². The largest absolute Gasteiger partial charge is 0.361 e. The van der Waals surface area contributed by atoms with Gasteiger partial charge < -0.3 is 18.5 Å². The topological polar surface area (TPSA) is 124 Å². The molecule has 1 saturated heterocycles. The molecule has 2 heterocycles. The van der Waals surface area contributed by atoms with Crippen LogP contribution in [0.15, 0.2) is 59.6 Å². The highest BCUT2D eigenvalue weighted by Crippen LogP contribution is 2.47. The maximum Gasteiger partial charge on any atom is 0.361 e. The van der Waals surface area contributed by atoms with Gasteiger partial charge in [0.15, 0.2) is 5.78 Å². The molecule has 0 unspecified atom stereocenters. The van der Waals surface area contributed by atoms with Crippen LogP contribution in [0.3, 0.4) is 0 Å². The summed E-state index contributed by atoms with van der Waals surface area (Å²) in [7, 11) is -7.33. The Hall–Kier alpha value is -2.89. The van der Waals surface area contributed by atoms with E-state index in [4.69, 9.17) is 9.05 Å². The Morgan fingerprint density at radius 2 is 1.78 bits per heavy atom. The van der Waals surface area contributed by atoms with Gasteiger partial charge >= 0.3 is 7.60 Å². The van der Waals surface area contributed by atoms with Crippen molar-refractivity contribution in [3.8, 4) is 0 Å². The van der Waals surface area contributed by atoms with Gasteiger partial charge in [-0.25, -0.2) is 17.5 Å². The molecule has 13 heteroatoms. The minimum Gasteiger partial charge on any atom is -0.337 e. The SMILES string of the molecule is CCOP(=O)(OCC)c1ccc2c(c1)c(C(C)=O)cn2CC(=O)N1C[C@H](F)C[C@H]1CCNS(=O)(=O)c1ccccc1. The number of hydrogen-bond donors (Lipinski definition) is 1. The van der Waals surface area contributed by atoms with E-state index in [-0.39, 0.29) is 62.3 Å². The molecule has 1 N–H and O–H groups in total. The molecule has 0 bridgehead atoms. The quantitative estimate of drug-likeness (QED) is 0.230. The molecule has 2 atom stereocenters. The molecule has 222 valence electrons. The summed E-state index contributed by atoms with van der Waals surface area (Å²) >= 11 is 0. The van der Waals surface area contributed by atoms with Crippen molar-refractivity contribution in [2.45, 2.75) is 57.3 Å². The van der Waals surface area contributed by atoms with E-state index in [9.17, 15) is 27.0 Å². The van der Waals surface area contributed by atoms with E-state index >= 15 is 0 Å². The fourth-order valence-corrected chi connectivity index (χ4v) is 7.78. The van der Waals surface area contributed by atoms with E-state index in [1.165, 1.54) is 24.0 Å². The van der Waals surface area contributed by atoms with Crippen molar-refractivity contribution in [1.29, 1.82) is 0 Å². The van der Waals surface area contributed by atoms with Crippen LogP contribution < -0.4 is 10.0 Å². The molecule has 3 aromatic rings. The van der Waals surface area contributed by atoms with Crippen molar-refractivity contribution in [2.75, 3.05) is 26.3 Å². The van der Waals surface area contributed by atoms with Gasteiger partial charge in [-0.15, -0.1) is 0 Å². The van der Waals surface area contributed by atoms with E-state index < -0.39 is 29.8 Å². The first kappa shape index (κ1) is 31.1. The monoisotopic (exact) mass is 607 g/mol. The first-order valence-corrected chi connectivity index (χ1v) is 16.5. The molecule has 10 nitrogen and oxygen atoms in total. The number of likely N-dealkylation sites (tertiary alicyclic amines) is 1. The average molecular weight is 608 g/mol. The lowest BCUT2D eigenvalue weighted by molar-refractivity contribution is -0.132. The highest BCUT2D eigenvalue weighted by Gasteiger charge is 2.35. The predicted octanol–water partition coefficient (Wildman–Crippen LogP) is 4.04. The first-order valence-electron chi connectivity index (χ1n) is 13.5. The molecule has 0 spiro atoms. The summed E-state index contributed by atoms with van der Waals surface area (Å²) < 4.78 is 67.9. The second kappa shape index (κ2) is 13.0. The second-order valence-corrected chi connectivity index (χ2v) is 13.6. The zero-order chi connectivity index (χ0) is 29.8. The Kier molecular flexibility index (Phi) is 9.81. The molecule has 0 radical (unpaired) electrons. The first-order chi connectivity index (χ1) is 19.5. The Balaban J connectivity index is 1.53. The Labute approximate surface area is 239 Å². The second-order valence-electron chi connectivity index (χ2n) is 9.79. The zero-order valence-corrected chi connectivity index (χ0v) is 25.0. The number of sulfonamides is 1. The zero-order valence-electron chi connectivity index (χ0n) is 23.3. The van der Waals surface area contributed by atoms with Crippen molar-refractivity contribution < 1.29 is 36.0 Å². The number of rotatable bonds is 13. The summed E-state index contributed by atoms with van der Waals surface area (Å²) in [4.78, 5) is 27.4. The molecule has 1 aliphatic heterocycles. The van der Waals surface area contributed by atoms with Gasteiger partial charge in [-0.3, -0.25) is 14.2 Å². The predicted molar refractivity (Wildman–Crippen MR) is 154 cm³/mol. The summed E-state index contributed by atoms with van der Waals surface area (Å²) in [5, 5.41) is 0.803. The van der Waals surface area contributed by atoms with Crippen LogP contribution in [0, 0.1) is 0 Å². The van der Waals surface area contributed by atoms with Crippen LogP contribution in [0.25, 0.3) is 10.9 Å². The number of hydrogen-bond acceptors (Lipinski definition) is 7. The van der Waals surface area contributed by atoms with Crippen LogP contribution >= 0.6 is 7.60 Å². The van der Waals surface area contributed by atoms with Gasteiger partial charge in [0.25, 0.3) is 0 Å². The third-order valence-electron chi connectivity index (χ3n) is 6.97. The third-order valence-corrected chi connectivity index (χ3v) is 10.6. The van der Waals surface area contributed by atoms with E-state index in [0.29, 0.717) is 21.8 Å². The van der Waals surface area contributed by atoms with Crippen molar-refractivity contribution in [3.05, 3.63) is 60.3 Å². The van der Waals surface area contributed by atoms with Crippen LogP contribution in [-0.2, 0) is 35.0 Å². The Morgan fingerprint density at radius 3 is 2.41 bits per heavy atom. The standard InChI is InChI=1S/C28H35FN3O7PS/c1-4-38-40(35,39-5-2)23-11-12-27-25(16-23)26(20(3)33)18-31(27)19-28(34)32-17-21(29)15-22(32)13-14-30-41(36,37)24-9-7-6-8-10-24/h6-12,16,18,21-22,30H,4-5,13-15,17,19H2,1-3H3/t21-,22-/m1/s1. The van der Waals surface area contributed by atoms with Gasteiger partial charge in [-0.1, -0.05) is 18.2 Å². The number of nitrogens with zero attached hydrogens (tertiary/aromatic N) is 2. The lowest BCUT2D eigenvalue weighted by Crippen LogP contribution is -2.40. The molecule has 0 saturated carbocycles. The average Bonchev–Trinajstić information content (AvgIpc) is 3.49. The molecule has 4 rings (SSSR count). The molecule has 1 aromatic heterocycles. The fourth-order valence-electron chi connectivity index (χ4n) is 5.11. The number of ketones is 1. The Morgan fingerprint density at radius 1 is 1.10 bits per heavy atom. The number of carbonyl (C=O) groups excluding carboxylic acids is 2. The number of fused-ring (bicyclic) bond motifs is 1. The number of halogens is 1. The van der Waals surface area contributed by atoms with Crippen LogP contribution in [-0.4, -0.2) is 68.1 Å². The van der Waals surface area contributed by atoms with Gasteiger partial charge in [0, 0.05) is 41.7 Å². The van der Waals surface area contributed by atoms with E-state index in [1.54, 1.807) is 61.0 Å². The van der Waals surface area contributed by atoms with Crippen LogP contribution in [0.2, 0.25) is 0 Å².